The summed E-state index contributed by atoms with van der Waals surface area (Å²) in [5.74, 6) is 1.35. The van der Waals surface area contributed by atoms with E-state index in [4.69, 9.17) is 4.98 Å². The van der Waals surface area contributed by atoms with Gasteiger partial charge >= 0.3 is 0 Å². The number of likely N-dealkylation sites (tertiary alicyclic amines) is 1. The molecule has 23 heavy (non-hydrogen) atoms. The fourth-order valence-corrected chi connectivity index (χ4v) is 3.36. The first-order chi connectivity index (χ1) is 11.0. The van der Waals surface area contributed by atoms with E-state index in [2.05, 4.69) is 48.7 Å². The minimum absolute atomic E-state index is 0.321. The zero-order valence-electron chi connectivity index (χ0n) is 14.8. The zero-order valence-corrected chi connectivity index (χ0v) is 14.8. The monoisotopic (exact) mass is 313 g/mol. The number of nitrogens with zero attached hydrogens (tertiary/aromatic N) is 5. The van der Waals surface area contributed by atoms with Gasteiger partial charge in [0.25, 0.3) is 0 Å². The molecule has 0 radical (unpaired) electrons. The molecular weight excluding hydrogens is 286 g/mol. The van der Waals surface area contributed by atoms with Crippen LogP contribution in [0.5, 0.6) is 0 Å². The molecule has 1 atom stereocenters. The summed E-state index contributed by atoms with van der Waals surface area (Å²) in [4.78, 5) is 11.9. The average Bonchev–Trinajstić information content (AvgIpc) is 3.16. The molecule has 0 aromatic carbocycles. The lowest BCUT2D eigenvalue weighted by atomic mass is 10.0. The molecule has 0 unspecified atom stereocenters. The van der Waals surface area contributed by atoms with Gasteiger partial charge in [-0.1, -0.05) is 0 Å². The molecule has 2 aromatic heterocycles. The van der Waals surface area contributed by atoms with Gasteiger partial charge in [-0.15, -0.1) is 0 Å². The molecule has 0 amide bonds. The quantitative estimate of drug-likeness (QED) is 0.867. The molecule has 0 saturated carbocycles. The first-order valence-corrected chi connectivity index (χ1v) is 8.59. The third-order valence-corrected chi connectivity index (χ3v) is 4.65. The highest BCUT2D eigenvalue weighted by molar-refractivity contribution is 5.55. The highest BCUT2D eigenvalue weighted by atomic mass is 15.3. The van der Waals surface area contributed by atoms with E-state index < -0.39 is 0 Å². The molecule has 1 saturated heterocycles. The minimum atomic E-state index is 0.321. The van der Waals surface area contributed by atoms with Crippen LogP contribution in [0.1, 0.15) is 57.6 Å². The Kier molecular flexibility index (Phi) is 4.48. The van der Waals surface area contributed by atoms with Gasteiger partial charge in [0, 0.05) is 36.4 Å². The van der Waals surface area contributed by atoms with E-state index in [1.165, 1.54) is 12.1 Å². The molecule has 1 aliphatic heterocycles. The molecule has 5 heteroatoms. The van der Waals surface area contributed by atoms with E-state index in [0.717, 1.165) is 30.3 Å². The van der Waals surface area contributed by atoms with Crippen LogP contribution < -0.4 is 0 Å². The maximum absolute atomic E-state index is 4.73. The Bertz CT molecular complexity index is 674. The lowest BCUT2D eigenvalue weighted by Crippen LogP contribution is -2.28. The Morgan fingerprint density at radius 3 is 2.57 bits per heavy atom. The summed E-state index contributed by atoms with van der Waals surface area (Å²) in [5, 5.41) is 4.43. The van der Waals surface area contributed by atoms with E-state index in [1.807, 2.05) is 23.9 Å². The van der Waals surface area contributed by atoms with E-state index in [9.17, 15) is 0 Å². The largest absolute Gasteiger partial charge is 0.300 e. The molecule has 0 N–H and O–H groups in total. The van der Waals surface area contributed by atoms with Crippen LogP contribution >= 0.6 is 0 Å². The number of hydrogen-bond donors (Lipinski definition) is 0. The van der Waals surface area contributed by atoms with Crippen molar-refractivity contribution in [3.05, 3.63) is 29.8 Å². The Hall–Kier alpha value is -1.75. The van der Waals surface area contributed by atoms with Crippen molar-refractivity contribution in [2.45, 2.75) is 59.0 Å². The third kappa shape index (κ3) is 3.29. The fraction of sp³-hybridized carbons (Fsp3) is 0.611. The van der Waals surface area contributed by atoms with Gasteiger partial charge in [-0.25, -0.2) is 9.97 Å². The number of rotatable bonds is 4. The van der Waals surface area contributed by atoms with E-state index in [0.29, 0.717) is 18.0 Å². The van der Waals surface area contributed by atoms with Crippen molar-refractivity contribution in [1.29, 1.82) is 0 Å². The molecule has 2 aromatic rings. The SMILES string of the molecule is Cc1nc(-c2ccnn2C(C)C)cc([C@@H]2CCN(C(C)C)C2)n1. The van der Waals surface area contributed by atoms with Crippen molar-refractivity contribution < 1.29 is 0 Å². The lowest BCUT2D eigenvalue weighted by Gasteiger charge is -2.20. The minimum Gasteiger partial charge on any atom is -0.300 e. The van der Waals surface area contributed by atoms with Gasteiger partial charge in [0.1, 0.15) is 5.82 Å². The molecular formula is C18H27N5. The second-order valence-electron chi connectivity index (χ2n) is 7.05. The third-order valence-electron chi connectivity index (χ3n) is 4.65. The van der Waals surface area contributed by atoms with Crippen LogP contribution in [0.3, 0.4) is 0 Å². The standard InChI is InChI=1S/C18H27N5/c1-12(2)22-9-7-15(11-22)16-10-17(21-14(5)20-16)18-6-8-19-23(18)13(3)4/h6,8,10,12-13,15H,7,9,11H2,1-5H3/t15-/m1/s1. The molecule has 3 heterocycles. The van der Waals surface area contributed by atoms with Crippen LogP contribution in [-0.2, 0) is 0 Å². The summed E-state index contributed by atoms with van der Waals surface area (Å²) in [6.07, 6.45) is 3.03. The van der Waals surface area contributed by atoms with Crippen LogP contribution in [0.4, 0.5) is 0 Å². The molecule has 0 aliphatic carbocycles. The smallest absolute Gasteiger partial charge is 0.126 e. The highest BCUT2D eigenvalue weighted by Crippen LogP contribution is 2.30. The van der Waals surface area contributed by atoms with Gasteiger partial charge in [0.05, 0.1) is 11.4 Å². The number of hydrogen-bond acceptors (Lipinski definition) is 4. The summed E-state index contributed by atoms with van der Waals surface area (Å²) in [6, 6.07) is 5.13. The summed E-state index contributed by atoms with van der Waals surface area (Å²) < 4.78 is 2.03. The van der Waals surface area contributed by atoms with Crippen LogP contribution in [0.25, 0.3) is 11.4 Å². The van der Waals surface area contributed by atoms with Crippen molar-refractivity contribution in [1.82, 2.24) is 24.6 Å². The number of aryl methyl sites for hydroxylation is 1. The summed E-state index contributed by atoms with van der Waals surface area (Å²) in [7, 11) is 0. The van der Waals surface area contributed by atoms with Crippen LogP contribution in [0.2, 0.25) is 0 Å². The maximum Gasteiger partial charge on any atom is 0.126 e. The average molecular weight is 313 g/mol. The Labute approximate surface area is 138 Å². The summed E-state index contributed by atoms with van der Waals surface area (Å²) >= 11 is 0. The first-order valence-electron chi connectivity index (χ1n) is 8.59. The van der Waals surface area contributed by atoms with Crippen molar-refractivity contribution in [3.63, 3.8) is 0 Å². The topological polar surface area (TPSA) is 46.8 Å². The maximum atomic E-state index is 4.73. The second-order valence-corrected chi connectivity index (χ2v) is 7.05. The van der Waals surface area contributed by atoms with Crippen molar-refractivity contribution in [2.24, 2.45) is 0 Å². The van der Waals surface area contributed by atoms with Crippen molar-refractivity contribution >= 4 is 0 Å². The summed E-state index contributed by atoms with van der Waals surface area (Å²) in [5.41, 5.74) is 3.24. The zero-order chi connectivity index (χ0) is 16.6. The fourth-order valence-electron chi connectivity index (χ4n) is 3.36. The van der Waals surface area contributed by atoms with Crippen molar-refractivity contribution in [3.8, 4) is 11.4 Å². The Morgan fingerprint density at radius 2 is 1.91 bits per heavy atom. The molecule has 3 rings (SSSR count). The molecule has 0 spiro atoms. The van der Waals surface area contributed by atoms with E-state index >= 15 is 0 Å². The lowest BCUT2D eigenvalue weighted by molar-refractivity contribution is 0.272. The molecule has 5 nitrogen and oxygen atoms in total. The van der Waals surface area contributed by atoms with E-state index in [-0.39, 0.29) is 0 Å². The van der Waals surface area contributed by atoms with Gasteiger partial charge in [0.2, 0.25) is 0 Å². The Balaban J connectivity index is 1.93. The van der Waals surface area contributed by atoms with E-state index in [1.54, 1.807) is 0 Å². The second kappa shape index (κ2) is 6.40. The number of aromatic nitrogens is 4. The molecule has 1 aliphatic rings. The van der Waals surface area contributed by atoms with Gasteiger partial charge in [0.15, 0.2) is 0 Å². The highest BCUT2D eigenvalue weighted by Gasteiger charge is 2.27. The van der Waals surface area contributed by atoms with Gasteiger partial charge in [-0.2, -0.15) is 5.10 Å². The molecule has 124 valence electrons. The summed E-state index contributed by atoms with van der Waals surface area (Å²) in [6.45, 7) is 13.0. The van der Waals surface area contributed by atoms with Gasteiger partial charge in [-0.3, -0.25) is 4.68 Å². The Morgan fingerprint density at radius 1 is 1.13 bits per heavy atom. The predicted molar refractivity (Wildman–Crippen MR) is 92.4 cm³/mol. The first kappa shape index (κ1) is 16.1. The van der Waals surface area contributed by atoms with Gasteiger partial charge in [-0.05, 0) is 59.7 Å². The van der Waals surface area contributed by atoms with Crippen LogP contribution in [-0.4, -0.2) is 43.8 Å². The van der Waals surface area contributed by atoms with Crippen LogP contribution in [0, 0.1) is 6.92 Å². The normalized spacial score (nSPS) is 19.2. The van der Waals surface area contributed by atoms with Crippen molar-refractivity contribution in [2.75, 3.05) is 13.1 Å². The molecule has 0 bridgehead atoms. The predicted octanol–water partition coefficient (Wildman–Crippen LogP) is 3.43. The molecule has 1 fully saturated rings. The van der Waals surface area contributed by atoms with Crippen LogP contribution in [0.15, 0.2) is 18.3 Å². The van der Waals surface area contributed by atoms with Gasteiger partial charge < -0.3 is 4.90 Å².